The van der Waals surface area contributed by atoms with Crippen molar-refractivity contribution in [3.63, 3.8) is 0 Å². The molecule has 6 heteroatoms. The number of thiocarbonyl (C=S) groups is 1. The lowest BCUT2D eigenvalue weighted by Gasteiger charge is -2.16. The number of hydrogen-bond donors (Lipinski definition) is 2. The lowest BCUT2D eigenvalue weighted by Crippen LogP contribution is -2.34. The van der Waals surface area contributed by atoms with Crippen molar-refractivity contribution in [3.8, 4) is 5.75 Å². The van der Waals surface area contributed by atoms with E-state index in [0.717, 1.165) is 28.6 Å². The molecule has 144 valence electrons. The number of para-hydroxylation sites is 1. The number of carbonyl (C=O) groups is 1. The highest BCUT2D eigenvalue weighted by Gasteiger charge is 2.16. The van der Waals surface area contributed by atoms with Crippen molar-refractivity contribution in [2.45, 2.75) is 39.5 Å². The summed E-state index contributed by atoms with van der Waals surface area (Å²) in [6.07, 6.45) is 1.96. The number of rotatable bonds is 7. The average Bonchev–Trinajstić information content (AvgIpc) is 2.63. The monoisotopic (exact) mass is 448 g/mol. The van der Waals surface area contributed by atoms with Gasteiger partial charge in [-0.3, -0.25) is 10.1 Å². The quantitative estimate of drug-likeness (QED) is 0.410. The third-order valence-electron chi connectivity index (χ3n) is 4.00. The highest BCUT2D eigenvalue weighted by atomic mass is 79.9. The molecular weight excluding hydrogens is 424 g/mol. The van der Waals surface area contributed by atoms with Crippen LogP contribution in [0.25, 0.3) is 0 Å². The Morgan fingerprint density at radius 2 is 1.96 bits per heavy atom. The van der Waals surface area contributed by atoms with Crippen LogP contribution in [-0.4, -0.2) is 17.6 Å². The van der Waals surface area contributed by atoms with Crippen LogP contribution in [0, 0.1) is 0 Å². The number of benzene rings is 2. The molecule has 0 aliphatic heterocycles. The Hall–Kier alpha value is -1.92. The van der Waals surface area contributed by atoms with Crippen LogP contribution in [0.4, 0.5) is 5.69 Å². The zero-order valence-electron chi connectivity index (χ0n) is 15.8. The van der Waals surface area contributed by atoms with E-state index < -0.39 is 0 Å². The Morgan fingerprint density at radius 3 is 2.67 bits per heavy atom. The number of amides is 1. The Morgan fingerprint density at radius 1 is 1.22 bits per heavy atom. The molecule has 2 aromatic carbocycles. The van der Waals surface area contributed by atoms with Gasteiger partial charge < -0.3 is 10.1 Å². The smallest absolute Gasteiger partial charge is 0.261 e. The second kappa shape index (κ2) is 10.4. The first-order valence-corrected chi connectivity index (χ1v) is 10.3. The van der Waals surface area contributed by atoms with E-state index in [1.807, 2.05) is 30.3 Å². The third kappa shape index (κ3) is 6.33. The number of anilines is 1. The molecule has 1 amide bonds. The summed E-state index contributed by atoms with van der Waals surface area (Å²) in [4.78, 5) is 12.7. The molecule has 0 aliphatic carbocycles. The van der Waals surface area contributed by atoms with Gasteiger partial charge in [-0.05, 0) is 54.4 Å². The normalized spacial score (nSPS) is 10.6. The molecule has 0 atom stereocenters. The fourth-order valence-electron chi connectivity index (χ4n) is 2.57. The number of halogens is 1. The molecule has 0 unspecified atom stereocenters. The molecule has 0 fully saturated rings. The molecule has 0 saturated heterocycles. The summed E-state index contributed by atoms with van der Waals surface area (Å²) < 4.78 is 6.56. The van der Waals surface area contributed by atoms with E-state index in [1.165, 1.54) is 0 Å². The van der Waals surface area contributed by atoms with Gasteiger partial charge in [-0.2, -0.15) is 0 Å². The minimum absolute atomic E-state index is 0.257. The fraction of sp³-hybridized carbons (Fsp3) is 0.333. The van der Waals surface area contributed by atoms with Crippen LogP contribution in [0.3, 0.4) is 0 Å². The van der Waals surface area contributed by atoms with Crippen LogP contribution < -0.4 is 15.4 Å². The van der Waals surface area contributed by atoms with Crippen LogP contribution in [0.5, 0.6) is 5.75 Å². The molecule has 2 N–H and O–H groups in total. The standard InChI is InChI=1S/C21H25BrN2O2S/c1-4-5-12-26-19-11-10-15(22)13-17(19)20(25)24-21(27)23-18-9-7-6-8-16(18)14(2)3/h6-11,13-14H,4-5,12H2,1-3H3,(H2,23,24,25,27). The first-order valence-electron chi connectivity index (χ1n) is 9.06. The summed E-state index contributed by atoms with van der Waals surface area (Å²) in [5.74, 6) is 0.590. The topological polar surface area (TPSA) is 50.4 Å². The Bertz CT molecular complexity index is 809. The van der Waals surface area contributed by atoms with E-state index in [1.54, 1.807) is 12.1 Å². The molecule has 27 heavy (non-hydrogen) atoms. The highest BCUT2D eigenvalue weighted by Crippen LogP contribution is 2.25. The lowest BCUT2D eigenvalue weighted by atomic mass is 10.0. The van der Waals surface area contributed by atoms with E-state index in [2.05, 4.69) is 47.3 Å². The van der Waals surface area contributed by atoms with Gasteiger partial charge in [-0.15, -0.1) is 0 Å². The van der Waals surface area contributed by atoms with Crippen LogP contribution in [-0.2, 0) is 0 Å². The van der Waals surface area contributed by atoms with Crippen molar-refractivity contribution in [3.05, 3.63) is 58.1 Å². The van der Waals surface area contributed by atoms with E-state index in [4.69, 9.17) is 17.0 Å². The Labute approximate surface area is 174 Å². The number of hydrogen-bond acceptors (Lipinski definition) is 3. The van der Waals surface area contributed by atoms with Gasteiger partial charge in [0.15, 0.2) is 5.11 Å². The Balaban J connectivity index is 2.10. The van der Waals surface area contributed by atoms with Gasteiger partial charge in [-0.25, -0.2) is 0 Å². The van der Waals surface area contributed by atoms with Crippen molar-refractivity contribution in [2.75, 3.05) is 11.9 Å². The summed E-state index contributed by atoms with van der Waals surface area (Å²) in [6, 6.07) is 13.3. The van der Waals surface area contributed by atoms with Crippen molar-refractivity contribution in [2.24, 2.45) is 0 Å². The number of carbonyl (C=O) groups excluding carboxylic acids is 1. The maximum atomic E-state index is 12.7. The molecule has 2 aromatic rings. The predicted octanol–water partition coefficient (Wildman–Crippen LogP) is 5.88. The second-order valence-corrected chi connectivity index (χ2v) is 7.82. The van der Waals surface area contributed by atoms with Crippen molar-refractivity contribution >= 4 is 44.9 Å². The van der Waals surface area contributed by atoms with Gasteiger partial charge in [0.1, 0.15) is 5.75 Å². The van der Waals surface area contributed by atoms with Crippen molar-refractivity contribution < 1.29 is 9.53 Å². The van der Waals surface area contributed by atoms with Gasteiger partial charge in [0, 0.05) is 10.2 Å². The largest absolute Gasteiger partial charge is 0.493 e. The molecule has 0 radical (unpaired) electrons. The predicted molar refractivity (Wildman–Crippen MR) is 119 cm³/mol. The number of unbranched alkanes of at least 4 members (excludes halogenated alkanes) is 1. The third-order valence-corrected chi connectivity index (χ3v) is 4.70. The van der Waals surface area contributed by atoms with E-state index >= 15 is 0 Å². The fourth-order valence-corrected chi connectivity index (χ4v) is 3.13. The maximum absolute atomic E-state index is 12.7. The Kier molecular flexibility index (Phi) is 8.25. The van der Waals surface area contributed by atoms with Crippen LogP contribution in [0.15, 0.2) is 46.9 Å². The zero-order valence-corrected chi connectivity index (χ0v) is 18.2. The molecule has 0 saturated carbocycles. The van der Waals surface area contributed by atoms with Gasteiger partial charge in [0.25, 0.3) is 5.91 Å². The first-order chi connectivity index (χ1) is 12.9. The second-order valence-electron chi connectivity index (χ2n) is 6.49. The maximum Gasteiger partial charge on any atom is 0.261 e. The average molecular weight is 449 g/mol. The van der Waals surface area contributed by atoms with Crippen molar-refractivity contribution in [1.82, 2.24) is 5.32 Å². The van der Waals surface area contributed by atoms with E-state index in [9.17, 15) is 4.79 Å². The molecule has 4 nitrogen and oxygen atoms in total. The molecule has 0 bridgehead atoms. The van der Waals surface area contributed by atoms with Crippen LogP contribution >= 0.6 is 28.1 Å². The summed E-state index contributed by atoms with van der Waals surface area (Å²) in [5, 5.41) is 6.13. The minimum Gasteiger partial charge on any atom is -0.493 e. The van der Waals surface area contributed by atoms with Crippen LogP contribution in [0.1, 0.15) is 55.5 Å². The van der Waals surface area contributed by atoms with Gasteiger partial charge >= 0.3 is 0 Å². The molecular formula is C21H25BrN2O2S. The molecule has 0 aromatic heterocycles. The van der Waals surface area contributed by atoms with Gasteiger partial charge in [0.2, 0.25) is 0 Å². The molecule has 2 rings (SSSR count). The number of nitrogens with one attached hydrogen (secondary N) is 2. The number of ether oxygens (including phenoxy) is 1. The SMILES string of the molecule is CCCCOc1ccc(Br)cc1C(=O)NC(=S)Nc1ccccc1C(C)C. The first kappa shape index (κ1) is 21.4. The summed E-state index contributed by atoms with van der Waals surface area (Å²) in [6.45, 7) is 6.90. The molecule has 0 heterocycles. The van der Waals surface area contributed by atoms with E-state index in [0.29, 0.717) is 23.8 Å². The highest BCUT2D eigenvalue weighted by molar-refractivity contribution is 9.10. The summed E-state index contributed by atoms with van der Waals surface area (Å²) >= 11 is 8.75. The molecule has 0 aliphatic rings. The van der Waals surface area contributed by atoms with Gasteiger partial charge in [0.05, 0.1) is 12.2 Å². The summed E-state index contributed by atoms with van der Waals surface area (Å²) in [7, 11) is 0. The van der Waals surface area contributed by atoms with Crippen molar-refractivity contribution in [1.29, 1.82) is 0 Å². The van der Waals surface area contributed by atoms with Crippen LogP contribution in [0.2, 0.25) is 0 Å². The van der Waals surface area contributed by atoms with Gasteiger partial charge in [-0.1, -0.05) is 61.3 Å². The lowest BCUT2D eigenvalue weighted by molar-refractivity contribution is 0.0973. The minimum atomic E-state index is -0.303. The zero-order chi connectivity index (χ0) is 19.8. The summed E-state index contributed by atoms with van der Waals surface area (Å²) in [5.41, 5.74) is 2.48. The molecule has 0 spiro atoms. The van der Waals surface area contributed by atoms with E-state index in [-0.39, 0.29) is 11.0 Å².